The maximum atomic E-state index is 5.56. The van der Waals surface area contributed by atoms with Gasteiger partial charge in [-0.05, 0) is 59.6 Å². The van der Waals surface area contributed by atoms with Gasteiger partial charge in [-0.15, -0.1) is 0 Å². The molecule has 1 aromatic heterocycles. The lowest BCUT2D eigenvalue weighted by molar-refractivity contribution is 0.471. The summed E-state index contributed by atoms with van der Waals surface area (Å²) in [5.41, 5.74) is 3.58. The van der Waals surface area contributed by atoms with Crippen molar-refractivity contribution in [1.82, 2.24) is 0 Å². The van der Waals surface area contributed by atoms with E-state index in [1.165, 1.54) is 11.3 Å². The van der Waals surface area contributed by atoms with E-state index in [-0.39, 0.29) is 6.04 Å². The normalized spacial score (nSPS) is 12.3. The lowest BCUT2D eigenvalue weighted by Gasteiger charge is -2.19. The number of nitrogens with one attached hydrogen (secondary N) is 1. The summed E-state index contributed by atoms with van der Waals surface area (Å²) in [6, 6.07) is 10.4. The van der Waals surface area contributed by atoms with Crippen LogP contribution >= 0.6 is 15.9 Å². The average Bonchev–Trinajstić information content (AvgIpc) is 2.78. The van der Waals surface area contributed by atoms with Gasteiger partial charge in [0.25, 0.3) is 0 Å². The minimum absolute atomic E-state index is 0.129. The van der Waals surface area contributed by atoms with Crippen LogP contribution in [-0.2, 0) is 0 Å². The zero-order valence-corrected chi connectivity index (χ0v) is 13.3. The molecule has 1 atom stereocenters. The zero-order valence-electron chi connectivity index (χ0n) is 11.7. The van der Waals surface area contributed by atoms with Gasteiger partial charge in [-0.25, -0.2) is 0 Å². The van der Waals surface area contributed by atoms with E-state index in [9.17, 15) is 0 Å². The summed E-state index contributed by atoms with van der Waals surface area (Å²) in [5, 5.41) is 3.45. The van der Waals surface area contributed by atoms with Crippen molar-refractivity contribution in [2.45, 2.75) is 19.9 Å². The summed E-state index contributed by atoms with van der Waals surface area (Å²) in [7, 11) is 4.11. The van der Waals surface area contributed by atoms with Crippen LogP contribution in [0.1, 0.15) is 24.3 Å². The Balaban J connectivity index is 2.17. The van der Waals surface area contributed by atoms with Gasteiger partial charge in [0.05, 0.1) is 6.04 Å². The maximum Gasteiger partial charge on any atom is 0.169 e. The van der Waals surface area contributed by atoms with Crippen molar-refractivity contribution in [3.05, 3.63) is 46.3 Å². The van der Waals surface area contributed by atoms with Gasteiger partial charge in [-0.3, -0.25) is 0 Å². The molecule has 2 rings (SSSR count). The van der Waals surface area contributed by atoms with Gasteiger partial charge >= 0.3 is 0 Å². The summed E-state index contributed by atoms with van der Waals surface area (Å²) < 4.78 is 6.32. The number of anilines is 2. The Morgan fingerprint density at radius 2 is 1.95 bits per heavy atom. The molecule has 2 aromatic rings. The van der Waals surface area contributed by atoms with Gasteiger partial charge < -0.3 is 14.6 Å². The van der Waals surface area contributed by atoms with Gasteiger partial charge in [0.2, 0.25) is 0 Å². The number of hydrogen-bond acceptors (Lipinski definition) is 3. The molecule has 4 heteroatoms. The van der Waals surface area contributed by atoms with Crippen LogP contribution in [0.5, 0.6) is 0 Å². The van der Waals surface area contributed by atoms with Crippen molar-refractivity contribution in [3.63, 3.8) is 0 Å². The highest BCUT2D eigenvalue weighted by Crippen LogP contribution is 2.27. The van der Waals surface area contributed by atoms with E-state index in [0.29, 0.717) is 0 Å². The number of benzene rings is 1. The Morgan fingerprint density at radius 1 is 1.21 bits per heavy atom. The van der Waals surface area contributed by atoms with E-state index in [4.69, 9.17) is 4.42 Å². The highest BCUT2D eigenvalue weighted by Gasteiger charge is 2.10. The van der Waals surface area contributed by atoms with Crippen LogP contribution in [0.15, 0.2) is 39.4 Å². The molecular formula is C15H19BrN2O. The molecule has 0 radical (unpaired) electrons. The lowest BCUT2D eigenvalue weighted by atomic mass is 10.1. The number of halogens is 1. The van der Waals surface area contributed by atoms with Gasteiger partial charge in [-0.1, -0.05) is 6.07 Å². The van der Waals surface area contributed by atoms with Crippen molar-refractivity contribution in [2.75, 3.05) is 24.3 Å². The van der Waals surface area contributed by atoms with E-state index >= 15 is 0 Å². The topological polar surface area (TPSA) is 28.4 Å². The van der Waals surface area contributed by atoms with Gasteiger partial charge in [0.1, 0.15) is 5.76 Å². The number of hydrogen-bond donors (Lipinski definition) is 1. The molecule has 1 unspecified atom stereocenters. The second-order valence-corrected chi connectivity index (χ2v) is 5.69. The highest BCUT2D eigenvalue weighted by molar-refractivity contribution is 9.10. The monoisotopic (exact) mass is 322 g/mol. The molecular weight excluding hydrogens is 304 g/mol. The molecule has 0 aliphatic rings. The molecule has 0 saturated heterocycles. The number of rotatable bonds is 4. The molecule has 19 heavy (non-hydrogen) atoms. The Bertz CT molecular complexity index is 563. The first-order valence-corrected chi connectivity index (χ1v) is 7.06. The van der Waals surface area contributed by atoms with Crippen LogP contribution in [-0.4, -0.2) is 14.1 Å². The second-order valence-electron chi connectivity index (χ2n) is 4.90. The molecule has 1 aromatic carbocycles. The predicted octanol–water partition coefficient (Wildman–Crippen LogP) is 4.59. The summed E-state index contributed by atoms with van der Waals surface area (Å²) in [4.78, 5) is 2.12. The molecule has 1 N–H and O–H groups in total. The summed E-state index contributed by atoms with van der Waals surface area (Å²) in [6.45, 7) is 4.20. The van der Waals surface area contributed by atoms with Crippen molar-refractivity contribution >= 4 is 27.3 Å². The summed E-state index contributed by atoms with van der Waals surface area (Å²) in [6.07, 6.45) is 0. The largest absolute Gasteiger partial charge is 0.452 e. The number of furan rings is 1. The predicted molar refractivity (Wildman–Crippen MR) is 84.0 cm³/mol. The molecule has 0 aliphatic carbocycles. The first-order chi connectivity index (χ1) is 8.97. The molecule has 0 aliphatic heterocycles. The first kappa shape index (κ1) is 14.0. The summed E-state index contributed by atoms with van der Waals surface area (Å²) >= 11 is 3.32. The van der Waals surface area contributed by atoms with Crippen LogP contribution in [0.2, 0.25) is 0 Å². The third-order valence-corrected chi connectivity index (χ3v) is 3.52. The fraction of sp³-hybridized carbons (Fsp3) is 0.333. The zero-order chi connectivity index (χ0) is 14.0. The van der Waals surface area contributed by atoms with Crippen LogP contribution in [0, 0.1) is 6.92 Å². The minimum Gasteiger partial charge on any atom is -0.452 e. The van der Waals surface area contributed by atoms with E-state index in [1.54, 1.807) is 0 Å². The Morgan fingerprint density at radius 3 is 2.53 bits per heavy atom. The maximum absolute atomic E-state index is 5.56. The van der Waals surface area contributed by atoms with Crippen LogP contribution in [0.4, 0.5) is 11.4 Å². The molecule has 1 heterocycles. The quantitative estimate of drug-likeness (QED) is 0.892. The smallest absolute Gasteiger partial charge is 0.169 e. The van der Waals surface area contributed by atoms with Crippen molar-refractivity contribution in [2.24, 2.45) is 0 Å². The molecule has 0 bridgehead atoms. The number of aryl methyl sites for hydroxylation is 1. The third-order valence-electron chi connectivity index (χ3n) is 3.09. The lowest BCUT2D eigenvalue weighted by Crippen LogP contribution is -2.11. The Labute approximate surface area is 122 Å². The van der Waals surface area contributed by atoms with Crippen molar-refractivity contribution < 1.29 is 4.42 Å². The molecule has 0 saturated carbocycles. The molecule has 3 nitrogen and oxygen atoms in total. The summed E-state index contributed by atoms with van der Waals surface area (Å²) in [5.74, 6) is 0.916. The van der Waals surface area contributed by atoms with Crippen LogP contribution in [0.3, 0.4) is 0 Å². The standard InChI is InChI=1S/C15H19BrN2O/c1-10-5-6-12(9-13(10)18(3)4)17-11(2)14-7-8-15(16)19-14/h5-9,11,17H,1-4H3. The SMILES string of the molecule is Cc1ccc(NC(C)c2ccc(Br)o2)cc1N(C)C. The van der Waals surface area contributed by atoms with Crippen LogP contribution in [0.25, 0.3) is 0 Å². The fourth-order valence-electron chi connectivity index (χ4n) is 2.06. The highest BCUT2D eigenvalue weighted by atomic mass is 79.9. The van der Waals surface area contributed by atoms with Crippen LogP contribution < -0.4 is 10.2 Å². The average molecular weight is 323 g/mol. The molecule has 102 valence electrons. The van der Waals surface area contributed by atoms with E-state index in [0.717, 1.165) is 16.1 Å². The van der Waals surface area contributed by atoms with E-state index in [2.05, 4.69) is 72.3 Å². The van der Waals surface area contributed by atoms with Crippen molar-refractivity contribution in [3.8, 4) is 0 Å². The third kappa shape index (κ3) is 3.32. The molecule has 0 amide bonds. The van der Waals surface area contributed by atoms with Gasteiger partial charge in [0.15, 0.2) is 4.67 Å². The van der Waals surface area contributed by atoms with Gasteiger partial charge in [-0.2, -0.15) is 0 Å². The minimum atomic E-state index is 0.129. The van der Waals surface area contributed by atoms with E-state index in [1.807, 2.05) is 12.1 Å². The fourth-order valence-corrected chi connectivity index (χ4v) is 2.38. The van der Waals surface area contributed by atoms with Crippen molar-refractivity contribution in [1.29, 1.82) is 0 Å². The van der Waals surface area contributed by atoms with E-state index < -0.39 is 0 Å². The Kier molecular flexibility index (Phi) is 4.20. The number of nitrogens with zero attached hydrogens (tertiary/aromatic N) is 1. The Hall–Kier alpha value is -1.42. The van der Waals surface area contributed by atoms with Gasteiger partial charge in [0, 0.05) is 25.5 Å². The first-order valence-electron chi connectivity index (χ1n) is 6.27. The second kappa shape index (κ2) is 5.70. The molecule has 0 spiro atoms. The molecule has 0 fully saturated rings.